The maximum atomic E-state index is 13.1. The summed E-state index contributed by atoms with van der Waals surface area (Å²) < 4.78 is 25.9. The second-order valence-corrected chi connectivity index (χ2v) is 4.55. The van der Waals surface area contributed by atoms with Crippen LogP contribution in [0.1, 0.15) is 6.92 Å². The normalized spacial score (nSPS) is 20.7. The molecule has 70 valence electrons. The van der Waals surface area contributed by atoms with Crippen LogP contribution in [0.2, 0.25) is 0 Å². The Bertz CT molecular complexity index is 341. The fourth-order valence-electron chi connectivity index (χ4n) is 1.32. The third kappa shape index (κ3) is 1.63. The fourth-order valence-corrected chi connectivity index (χ4v) is 2.39. The lowest BCUT2D eigenvalue weighted by atomic mass is 10.2. The van der Waals surface area contributed by atoms with E-state index in [-0.39, 0.29) is 0 Å². The molecule has 0 saturated heterocycles. The zero-order valence-electron chi connectivity index (χ0n) is 7.10. The van der Waals surface area contributed by atoms with E-state index in [1.807, 2.05) is 6.92 Å². The number of benzene rings is 1. The van der Waals surface area contributed by atoms with Crippen molar-refractivity contribution in [3.05, 3.63) is 23.8 Å². The molecule has 0 aromatic heterocycles. The second-order valence-electron chi connectivity index (χ2n) is 3.07. The number of hydrogen-bond acceptors (Lipinski definition) is 2. The topological polar surface area (TPSA) is 12.0 Å². The van der Waals surface area contributed by atoms with Gasteiger partial charge >= 0.3 is 0 Å². The molecule has 0 saturated carbocycles. The number of halogens is 2. The molecule has 4 heteroatoms. The third-order valence-corrected chi connectivity index (χ3v) is 3.06. The summed E-state index contributed by atoms with van der Waals surface area (Å²) in [5, 5.41) is 3.30. The van der Waals surface area contributed by atoms with Crippen LogP contribution in [0.3, 0.4) is 0 Å². The van der Waals surface area contributed by atoms with E-state index in [2.05, 4.69) is 5.32 Å². The number of anilines is 1. The van der Waals surface area contributed by atoms with Crippen LogP contribution in [0.4, 0.5) is 14.5 Å². The molecule has 0 radical (unpaired) electrons. The molecule has 1 aliphatic heterocycles. The number of rotatable bonds is 0. The van der Waals surface area contributed by atoms with Gasteiger partial charge in [0.25, 0.3) is 0 Å². The van der Waals surface area contributed by atoms with Crippen molar-refractivity contribution in [2.45, 2.75) is 17.1 Å². The predicted octanol–water partition coefficient (Wildman–Crippen LogP) is 2.87. The Morgan fingerprint density at radius 3 is 3.00 bits per heavy atom. The lowest BCUT2D eigenvalue weighted by Crippen LogP contribution is -2.19. The minimum absolute atomic E-state index is 0.355. The number of fused-ring (bicyclic) bond motifs is 1. The smallest absolute Gasteiger partial charge is 0.150 e. The van der Waals surface area contributed by atoms with Gasteiger partial charge in [-0.2, -0.15) is 0 Å². The highest BCUT2D eigenvalue weighted by Crippen LogP contribution is 2.36. The van der Waals surface area contributed by atoms with Gasteiger partial charge < -0.3 is 5.32 Å². The summed E-state index contributed by atoms with van der Waals surface area (Å²) in [6.07, 6.45) is 0. The highest BCUT2D eigenvalue weighted by molar-refractivity contribution is 8.00. The Morgan fingerprint density at radius 1 is 1.46 bits per heavy atom. The van der Waals surface area contributed by atoms with Gasteiger partial charge in [-0.25, -0.2) is 8.78 Å². The van der Waals surface area contributed by atoms with Gasteiger partial charge in [-0.1, -0.05) is 6.92 Å². The second kappa shape index (κ2) is 3.18. The highest BCUT2D eigenvalue weighted by Gasteiger charge is 2.19. The van der Waals surface area contributed by atoms with Crippen LogP contribution in [0, 0.1) is 11.6 Å². The number of thioether (sulfide) groups is 1. The van der Waals surface area contributed by atoms with Crippen molar-refractivity contribution in [2.24, 2.45) is 0 Å². The Hall–Kier alpha value is -0.770. The van der Waals surface area contributed by atoms with E-state index >= 15 is 0 Å². The molecule has 1 nitrogen and oxygen atoms in total. The number of hydrogen-bond donors (Lipinski definition) is 1. The molecule has 1 unspecified atom stereocenters. The maximum absolute atomic E-state index is 13.1. The van der Waals surface area contributed by atoms with Crippen LogP contribution < -0.4 is 5.32 Å². The van der Waals surface area contributed by atoms with E-state index in [9.17, 15) is 8.78 Å². The minimum atomic E-state index is -0.514. The number of nitrogens with one attached hydrogen (secondary N) is 1. The first-order valence-electron chi connectivity index (χ1n) is 4.06. The Labute approximate surface area is 79.5 Å². The molecule has 0 spiro atoms. The van der Waals surface area contributed by atoms with Crippen LogP contribution in [-0.2, 0) is 0 Å². The molecule has 0 bridgehead atoms. The van der Waals surface area contributed by atoms with E-state index in [1.165, 1.54) is 17.8 Å². The summed E-state index contributed by atoms with van der Waals surface area (Å²) in [4.78, 5) is 0.663. The van der Waals surface area contributed by atoms with Gasteiger partial charge in [0.2, 0.25) is 0 Å². The average molecular weight is 201 g/mol. The van der Waals surface area contributed by atoms with Gasteiger partial charge in [0.1, 0.15) is 11.6 Å². The summed E-state index contributed by atoms with van der Waals surface area (Å²) in [6, 6.07) is 2.27. The van der Waals surface area contributed by atoms with Crippen molar-refractivity contribution in [1.82, 2.24) is 0 Å². The molecule has 1 aromatic rings. The summed E-state index contributed by atoms with van der Waals surface area (Å²) in [7, 11) is 0. The first-order chi connectivity index (χ1) is 6.16. The highest BCUT2D eigenvalue weighted by atomic mass is 32.2. The van der Waals surface area contributed by atoms with Crippen LogP contribution in [0.25, 0.3) is 0 Å². The largest absolute Gasteiger partial charge is 0.381 e. The van der Waals surface area contributed by atoms with Crippen molar-refractivity contribution >= 4 is 17.4 Å². The zero-order chi connectivity index (χ0) is 9.42. The third-order valence-electron chi connectivity index (χ3n) is 1.91. The lowest BCUT2D eigenvalue weighted by molar-refractivity contribution is 0.578. The first-order valence-corrected chi connectivity index (χ1v) is 4.94. The Kier molecular flexibility index (Phi) is 2.15. The van der Waals surface area contributed by atoms with Crippen molar-refractivity contribution in [1.29, 1.82) is 0 Å². The van der Waals surface area contributed by atoms with E-state index < -0.39 is 11.6 Å². The molecule has 2 rings (SSSR count). The quantitative estimate of drug-likeness (QED) is 0.692. The minimum Gasteiger partial charge on any atom is -0.381 e. The molecule has 13 heavy (non-hydrogen) atoms. The van der Waals surface area contributed by atoms with Crippen LogP contribution >= 0.6 is 11.8 Å². The fraction of sp³-hybridized carbons (Fsp3) is 0.333. The average Bonchev–Trinajstić information content (AvgIpc) is 2.02. The molecule has 1 atom stereocenters. The maximum Gasteiger partial charge on any atom is 0.150 e. The van der Waals surface area contributed by atoms with Crippen molar-refractivity contribution in [3.8, 4) is 0 Å². The van der Waals surface area contributed by atoms with Crippen molar-refractivity contribution in [3.63, 3.8) is 0 Å². The molecule has 1 aliphatic rings. The van der Waals surface area contributed by atoms with E-state index in [1.54, 1.807) is 0 Å². The van der Waals surface area contributed by atoms with Crippen LogP contribution in [0.15, 0.2) is 17.0 Å². The summed E-state index contributed by atoms with van der Waals surface area (Å²) >= 11 is 1.50. The molecular formula is C9H9F2NS. The first kappa shape index (κ1) is 8.81. The van der Waals surface area contributed by atoms with Gasteiger partial charge in [-0.3, -0.25) is 0 Å². The summed E-state index contributed by atoms with van der Waals surface area (Å²) in [5.74, 6) is -1.02. The molecule has 0 fully saturated rings. The van der Waals surface area contributed by atoms with Gasteiger partial charge in [0, 0.05) is 22.8 Å². The van der Waals surface area contributed by atoms with E-state index in [0.29, 0.717) is 15.8 Å². The van der Waals surface area contributed by atoms with E-state index in [4.69, 9.17) is 0 Å². The van der Waals surface area contributed by atoms with Gasteiger partial charge in [0.05, 0.1) is 5.69 Å². The van der Waals surface area contributed by atoms with Crippen LogP contribution in [-0.4, -0.2) is 11.8 Å². The van der Waals surface area contributed by atoms with Gasteiger partial charge in [-0.05, 0) is 6.07 Å². The molecular weight excluding hydrogens is 192 g/mol. The predicted molar refractivity (Wildman–Crippen MR) is 50.2 cm³/mol. The Balaban J connectivity index is 2.47. The lowest BCUT2D eigenvalue weighted by Gasteiger charge is -2.22. The van der Waals surface area contributed by atoms with Crippen molar-refractivity contribution < 1.29 is 8.78 Å². The molecule has 1 N–H and O–H groups in total. The van der Waals surface area contributed by atoms with E-state index in [0.717, 1.165) is 12.6 Å². The van der Waals surface area contributed by atoms with Crippen molar-refractivity contribution in [2.75, 3.05) is 11.9 Å². The SMILES string of the molecule is CC1CNc2c(F)cc(F)cc2S1. The standard InChI is InChI=1S/C9H9F2NS/c1-5-4-12-9-7(11)2-6(10)3-8(9)13-5/h2-3,5,12H,4H2,1H3. The van der Waals surface area contributed by atoms with Gasteiger partial charge in [-0.15, -0.1) is 11.8 Å². The molecule has 0 amide bonds. The molecule has 0 aliphatic carbocycles. The summed E-state index contributed by atoms with van der Waals surface area (Å²) in [5.41, 5.74) is 0.435. The van der Waals surface area contributed by atoms with Gasteiger partial charge in [0.15, 0.2) is 0 Å². The van der Waals surface area contributed by atoms with Crippen LogP contribution in [0.5, 0.6) is 0 Å². The monoisotopic (exact) mass is 201 g/mol. The zero-order valence-corrected chi connectivity index (χ0v) is 7.92. The Morgan fingerprint density at radius 2 is 2.23 bits per heavy atom. The molecule has 1 aromatic carbocycles. The summed E-state index contributed by atoms with van der Waals surface area (Å²) in [6.45, 7) is 2.74. The molecule has 1 heterocycles.